The highest BCUT2D eigenvalue weighted by atomic mass is 32.2. The van der Waals surface area contributed by atoms with Crippen molar-refractivity contribution >= 4 is 22.4 Å². The number of hydrogen-bond donors (Lipinski definition) is 2. The third kappa shape index (κ3) is 5.84. The summed E-state index contributed by atoms with van der Waals surface area (Å²) < 4.78 is 11.6. The summed E-state index contributed by atoms with van der Waals surface area (Å²) in [6.45, 7) is 6.33. The lowest BCUT2D eigenvalue weighted by molar-refractivity contribution is -0.116. The molecule has 0 radical (unpaired) electrons. The highest BCUT2D eigenvalue weighted by molar-refractivity contribution is 7.86. The summed E-state index contributed by atoms with van der Waals surface area (Å²) in [6.07, 6.45) is 1.02. The van der Waals surface area contributed by atoms with Gasteiger partial charge in [0.2, 0.25) is 5.91 Å². The molecule has 1 atom stereocenters. The summed E-state index contributed by atoms with van der Waals surface area (Å²) in [7, 11) is -0.898. The first-order valence-electron chi connectivity index (χ1n) is 6.80. The first kappa shape index (κ1) is 16.9. The molecule has 20 heavy (non-hydrogen) atoms. The number of anilines is 1. The molecule has 1 aromatic rings. The van der Waals surface area contributed by atoms with Crippen molar-refractivity contribution in [1.29, 1.82) is 0 Å². The lowest BCUT2D eigenvalue weighted by Crippen LogP contribution is -2.24. The molecule has 1 rings (SSSR count). The van der Waals surface area contributed by atoms with Crippen molar-refractivity contribution in [3.8, 4) is 0 Å². The Balaban J connectivity index is 2.35. The minimum Gasteiger partial charge on any atom is -0.326 e. The van der Waals surface area contributed by atoms with Crippen LogP contribution in [-0.4, -0.2) is 20.6 Å². The molecule has 5 heteroatoms. The Hall–Kier alpha value is -1.20. The molecule has 1 unspecified atom stereocenters. The zero-order valence-electron chi connectivity index (χ0n) is 12.4. The van der Waals surface area contributed by atoms with Crippen LogP contribution >= 0.6 is 0 Å². The minimum absolute atomic E-state index is 0.0450. The van der Waals surface area contributed by atoms with Crippen LogP contribution in [0.1, 0.15) is 39.2 Å². The van der Waals surface area contributed by atoms with Crippen molar-refractivity contribution in [2.24, 2.45) is 5.73 Å². The predicted molar refractivity (Wildman–Crippen MR) is 85.0 cm³/mol. The molecule has 1 amide bonds. The quantitative estimate of drug-likeness (QED) is 0.846. The molecule has 0 saturated heterocycles. The molecule has 0 heterocycles. The predicted octanol–water partition coefficient (Wildman–Crippen LogP) is 2.41. The Morgan fingerprint density at radius 1 is 1.25 bits per heavy atom. The van der Waals surface area contributed by atoms with Crippen molar-refractivity contribution in [1.82, 2.24) is 0 Å². The van der Waals surface area contributed by atoms with Crippen LogP contribution in [0.4, 0.5) is 5.69 Å². The maximum atomic E-state index is 11.8. The maximum Gasteiger partial charge on any atom is 0.224 e. The van der Waals surface area contributed by atoms with Crippen LogP contribution in [0.5, 0.6) is 0 Å². The maximum absolute atomic E-state index is 11.8. The number of rotatable bonds is 6. The smallest absolute Gasteiger partial charge is 0.224 e. The van der Waals surface area contributed by atoms with Crippen LogP contribution in [-0.2, 0) is 22.1 Å². The average Bonchev–Trinajstić information content (AvgIpc) is 2.38. The molecule has 112 valence electrons. The highest BCUT2D eigenvalue weighted by Gasteiger charge is 2.18. The summed E-state index contributed by atoms with van der Waals surface area (Å²) in [5, 5.41) is 2.83. The highest BCUT2D eigenvalue weighted by Crippen LogP contribution is 2.13. The van der Waals surface area contributed by atoms with Gasteiger partial charge < -0.3 is 11.1 Å². The van der Waals surface area contributed by atoms with E-state index < -0.39 is 10.8 Å². The summed E-state index contributed by atoms with van der Waals surface area (Å²) >= 11 is 0. The molecule has 0 spiro atoms. The molecule has 0 aliphatic rings. The van der Waals surface area contributed by atoms with Gasteiger partial charge in [-0.3, -0.25) is 9.00 Å². The SMILES string of the molecule is CC(C)(C)S(=O)CCCC(=O)Nc1ccc(CN)cc1. The lowest BCUT2D eigenvalue weighted by Gasteiger charge is -2.17. The van der Waals surface area contributed by atoms with Gasteiger partial charge in [-0.05, 0) is 44.9 Å². The standard InChI is InChI=1S/C15H24N2O2S/c1-15(2,3)20(19)10-4-5-14(18)17-13-8-6-12(11-16)7-9-13/h6-9H,4-5,10-11,16H2,1-3H3,(H,17,18). The van der Waals surface area contributed by atoms with Gasteiger partial charge >= 0.3 is 0 Å². The topological polar surface area (TPSA) is 72.2 Å². The van der Waals surface area contributed by atoms with Gasteiger partial charge in [0.25, 0.3) is 0 Å². The van der Waals surface area contributed by atoms with Gasteiger partial charge in [0.1, 0.15) is 0 Å². The molecular weight excluding hydrogens is 272 g/mol. The average molecular weight is 296 g/mol. The fourth-order valence-corrected chi connectivity index (χ4v) is 2.64. The van der Waals surface area contributed by atoms with Gasteiger partial charge in [0.05, 0.1) is 0 Å². The number of amides is 1. The molecule has 0 aromatic heterocycles. The Morgan fingerprint density at radius 2 is 1.85 bits per heavy atom. The zero-order chi connectivity index (χ0) is 15.2. The number of hydrogen-bond acceptors (Lipinski definition) is 3. The van der Waals surface area contributed by atoms with E-state index in [-0.39, 0.29) is 10.7 Å². The lowest BCUT2D eigenvalue weighted by atomic mass is 10.2. The van der Waals surface area contributed by atoms with E-state index in [0.29, 0.717) is 25.1 Å². The number of nitrogens with one attached hydrogen (secondary N) is 1. The van der Waals surface area contributed by atoms with E-state index in [1.165, 1.54) is 0 Å². The fraction of sp³-hybridized carbons (Fsp3) is 0.533. The first-order valence-corrected chi connectivity index (χ1v) is 8.12. The van der Waals surface area contributed by atoms with Gasteiger partial charge in [0.15, 0.2) is 0 Å². The molecule has 0 aliphatic carbocycles. The van der Waals surface area contributed by atoms with Crippen LogP contribution in [0.2, 0.25) is 0 Å². The molecule has 4 nitrogen and oxygen atoms in total. The number of benzene rings is 1. The summed E-state index contributed by atoms with van der Waals surface area (Å²) in [4.78, 5) is 11.8. The van der Waals surface area contributed by atoms with Gasteiger partial charge in [-0.1, -0.05) is 12.1 Å². The van der Waals surface area contributed by atoms with Crippen LogP contribution in [0, 0.1) is 0 Å². The van der Waals surface area contributed by atoms with E-state index in [4.69, 9.17) is 5.73 Å². The monoisotopic (exact) mass is 296 g/mol. The Morgan fingerprint density at radius 3 is 2.35 bits per heavy atom. The van der Waals surface area contributed by atoms with E-state index in [9.17, 15) is 9.00 Å². The van der Waals surface area contributed by atoms with Gasteiger partial charge in [-0.25, -0.2) is 0 Å². The Kier molecular flexibility index (Phi) is 6.36. The second-order valence-corrected chi connectivity index (χ2v) is 8.04. The van der Waals surface area contributed by atoms with E-state index in [0.717, 1.165) is 11.3 Å². The van der Waals surface area contributed by atoms with Gasteiger partial charge in [0, 0.05) is 40.0 Å². The molecular formula is C15H24N2O2S. The first-order chi connectivity index (χ1) is 9.32. The van der Waals surface area contributed by atoms with Gasteiger partial charge in [-0.2, -0.15) is 0 Å². The summed E-state index contributed by atoms with van der Waals surface area (Å²) in [5.74, 6) is 0.514. The summed E-state index contributed by atoms with van der Waals surface area (Å²) in [6, 6.07) is 7.47. The fourth-order valence-electron chi connectivity index (χ4n) is 1.62. The molecule has 0 fully saturated rings. The number of carbonyl (C=O) groups is 1. The van der Waals surface area contributed by atoms with Crippen molar-refractivity contribution in [3.63, 3.8) is 0 Å². The van der Waals surface area contributed by atoms with Crippen LogP contribution < -0.4 is 11.1 Å². The third-order valence-electron chi connectivity index (χ3n) is 2.89. The second kappa shape index (κ2) is 7.55. The van der Waals surface area contributed by atoms with E-state index >= 15 is 0 Å². The largest absolute Gasteiger partial charge is 0.326 e. The van der Waals surface area contributed by atoms with Crippen molar-refractivity contribution in [2.75, 3.05) is 11.1 Å². The molecule has 1 aromatic carbocycles. The Bertz CT molecular complexity index is 464. The van der Waals surface area contributed by atoms with E-state index in [1.54, 1.807) is 0 Å². The number of nitrogens with two attached hydrogens (primary N) is 1. The Labute approximate surface area is 123 Å². The molecule has 0 saturated carbocycles. The summed E-state index contributed by atoms with van der Waals surface area (Å²) in [5.41, 5.74) is 7.31. The molecule has 0 bridgehead atoms. The third-order valence-corrected chi connectivity index (χ3v) is 4.92. The second-order valence-electron chi connectivity index (χ2n) is 5.71. The van der Waals surface area contributed by atoms with Crippen molar-refractivity contribution in [2.45, 2.75) is 44.9 Å². The zero-order valence-corrected chi connectivity index (χ0v) is 13.3. The van der Waals surface area contributed by atoms with E-state index in [1.807, 2.05) is 45.0 Å². The van der Waals surface area contributed by atoms with Crippen LogP contribution in [0.15, 0.2) is 24.3 Å². The van der Waals surface area contributed by atoms with Gasteiger partial charge in [-0.15, -0.1) is 0 Å². The van der Waals surface area contributed by atoms with Crippen molar-refractivity contribution in [3.05, 3.63) is 29.8 Å². The normalized spacial score (nSPS) is 13.0. The van der Waals surface area contributed by atoms with Crippen molar-refractivity contribution < 1.29 is 9.00 Å². The minimum atomic E-state index is -0.898. The van der Waals surface area contributed by atoms with Crippen LogP contribution in [0.3, 0.4) is 0 Å². The van der Waals surface area contributed by atoms with E-state index in [2.05, 4.69) is 5.32 Å². The van der Waals surface area contributed by atoms with Crippen LogP contribution in [0.25, 0.3) is 0 Å². The molecule has 0 aliphatic heterocycles. The molecule has 3 N–H and O–H groups in total. The number of carbonyl (C=O) groups excluding carboxylic acids is 1.